The van der Waals surface area contributed by atoms with E-state index in [2.05, 4.69) is 10.6 Å². The second-order valence-corrected chi connectivity index (χ2v) is 8.56. The Morgan fingerprint density at radius 3 is 2.57 bits per heavy atom. The van der Waals surface area contributed by atoms with E-state index >= 15 is 0 Å². The van der Waals surface area contributed by atoms with E-state index in [4.69, 9.17) is 4.74 Å². The third-order valence-electron chi connectivity index (χ3n) is 6.08. The van der Waals surface area contributed by atoms with Gasteiger partial charge in [0.25, 0.3) is 5.91 Å². The molecule has 0 saturated heterocycles. The molecule has 4 rings (SSSR count). The Bertz CT molecular complexity index is 916. The van der Waals surface area contributed by atoms with E-state index in [1.54, 1.807) is 6.07 Å². The van der Waals surface area contributed by atoms with Crippen LogP contribution in [0.4, 0.5) is 5.69 Å². The van der Waals surface area contributed by atoms with Crippen molar-refractivity contribution in [3.05, 3.63) is 59.2 Å². The van der Waals surface area contributed by atoms with Gasteiger partial charge in [-0.15, -0.1) is 0 Å². The summed E-state index contributed by atoms with van der Waals surface area (Å²) in [5, 5.41) is 6.20. The molecule has 1 aliphatic heterocycles. The summed E-state index contributed by atoms with van der Waals surface area (Å²) in [5.41, 5.74) is 3.35. The molecule has 30 heavy (non-hydrogen) atoms. The first-order valence-corrected chi connectivity index (χ1v) is 11.0. The number of hydrogen-bond donors (Lipinski definition) is 2. The van der Waals surface area contributed by atoms with Gasteiger partial charge in [-0.25, -0.2) is 0 Å². The number of amides is 2. The molecule has 1 saturated carbocycles. The fourth-order valence-electron chi connectivity index (χ4n) is 4.37. The van der Waals surface area contributed by atoms with Gasteiger partial charge in [0.15, 0.2) is 0 Å². The zero-order chi connectivity index (χ0) is 20.9. The molecule has 0 spiro atoms. The molecule has 5 nitrogen and oxygen atoms in total. The van der Waals surface area contributed by atoms with Gasteiger partial charge in [-0.05, 0) is 62.1 Å². The molecule has 1 heterocycles. The molecule has 1 unspecified atom stereocenters. The predicted molar refractivity (Wildman–Crippen MR) is 118 cm³/mol. The fraction of sp³-hybridized carbons (Fsp3) is 0.440. The highest BCUT2D eigenvalue weighted by atomic mass is 16.5. The van der Waals surface area contributed by atoms with Crippen molar-refractivity contribution in [2.45, 2.75) is 57.9 Å². The highest BCUT2D eigenvalue weighted by Crippen LogP contribution is 2.30. The first-order chi connectivity index (χ1) is 14.6. The second kappa shape index (κ2) is 9.33. The van der Waals surface area contributed by atoms with Gasteiger partial charge in [0, 0.05) is 17.3 Å². The lowest BCUT2D eigenvalue weighted by Crippen LogP contribution is -2.42. The van der Waals surface area contributed by atoms with Crippen molar-refractivity contribution in [1.29, 1.82) is 0 Å². The van der Waals surface area contributed by atoms with Crippen molar-refractivity contribution in [1.82, 2.24) is 5.32 Å². The third kappa shape index (κ3) is 5.02. The molecule has 2 aromatic rings. The Hall–Kier alpha value is -2.82. The molecule has 0 radical (unpaired) electrons. The molecule has 1 atom stereocenters. The molecule has 5 heteroatoms. The van der Waals surface area contributed by atoms with Gasteiger partial charge in [0.05, 0.1) is 5.92 Å². The number of aryl methyl sites for hydroxylation is 1. The Balaban J connectivity index is 1.40. The molecule has 2 amide bonds. The summed E-state index contributed by atoms with van der Waals surface area (Å²) in [5.74, 6) is 0.547. The summed E-state index contributed by atoms with van der Waals surface area (Å²) in [4.78, 5) is 25.4. The van der Waals surface area contributed by atoms with Crippen molar-refractivity contribution >= 4 is 17.5 Å². The van der Waals surface area contributed by atoms with Crippen LogP contribution in [0.1, 0.15) is 60.0 Å². The quantitative estimate of drug-likeness (QED) is 0.727. The molecular weight excluding hydrogens is 376 g/mol. The number of hydrogen-bond acceptors (Lipinski definition) is 3. The lowest BCUT2D eigenvalue weighted by atomic mass is 9.95. The van der Waals surface area contributed by atoms with E-state index in [0.717, 1.165) is 29.7 Å². The van der Waals surface area contributed by atoms with Crippen LogP contribution in [0.25, 0.3) is 0 Å². The second-order valence-electron chi connectivity index (χ2n) is 8.56. The Kier molecular flexibility index (Phi) is 6.36. The van der Waals surface area contributed by atoms with Crippen LogP contribution in [0.15, 0.2) is 42.5 Å². The summed E-state index contributed by atoms with van der Waals surface area (Å²) in [6.45, 7) is 2.37. The SMILES string of the molecule is Cc1cccc(C(=O)Nc2ccc3c(c2)CC(C(=O)NC2CCCCCC2)CO3)c1. The standard InChI is InChI=1S/C25H30N2O3/c1-17-7-6-8-18(13-17)24(28)27-22-11-12-23-19(15-22)14-20(16-30-23)25(29)26-21-9-4-2-3-5-10-21/h6-8,11-13,15,20-21H,2-5,9-10,14,16H2,1H3,(H,26,29)(H,27,28). The van der Waals surface area contributed by atoms with Crippen molar-refractivity contribution in [3.63, 3.8) is 0 Å². The van der Waals surface area contributed by atoms with Crippen molar-refractivity contribution in [2.75, 3.05) is 11.9 Å². The number of nitrogens with one attached hydrogen (secondary N) is 2. The predicted octanol–water partition coefficient (Wildman–Crippen LogP) is 4.64. The van der Waals surface area contributed by atoms with Crippen LogP contribution in [0, 0.1) is 12.8 Å². The fourth-order valence-corrected chi connectivity index (χ4v) is 4.37. The molecule has 158 valence electrons. The lowest BCUT2D eigenvalue weighted by Gasteiger charge is -2.27. The number of benzene rings is 2. The van der Waals surface area contributed by atoms with Crippen molar-refractivity contribution in [3.8, 4) is 5.75 Å². The highest BCUT2D eigenvalue weighted by molar-refractivity contribution is 6.04. The minimum absolute atomic E-state index is 0.0850. The van der Waals surface area contributed by atoms with E-state index in [9.17, 15) is 9.59 Å². The molecule has 2 aromatic carbocycles. The number of rotatable bonds is 4. The van der Waals surface area contributed by atoms with Gasteiger partial charge in [-0.2, -0.15) is 0 Å². The van der Waals surface area contributed by atoms with Crippen LogP contribution in [0.3, 0.4) is 0 Å². The average Bonchev–Trinajstić information content (AvgIpc) is 3.02. The van der Waals surface area contributed by atoms with Gasteiger partial charge in [-0.1, -0.05) is 43.4 Å². The lowest BCUT2D eigenvalue weighted by molar-refractivity contribution is -0.127. The minimum Gasteiger partial charge on any atom is -0.492 e. The zero-order valence-corrected chi connectivity index (χ0v) is 17.6. The summed E-state index contributed by atoms with van der Waals surface area (Å²) in [6, 6.07) is 13.5. The number of fused-ring (bicyclic) bond motifs is 1. The van der Waals surface area contributed by atoms with E-state index < -0.39 is 0 Å². The third-order valence-corrected chi connectivity index (χ3v) is 6.08. The highest BCUT2D eigenvalue weighted by Gasteiger charge is 2.28. The number of carbonyl (C=O) groups is 2. The van der Waals surface area contributed by atoms with E-state index in [0.29, 0.717) is 30.3 Å². The smallest absolute Gasteiger partial charge is 0.255 e. The monoisotopic (exact) mass is 406 g/mol. The van der Waals surface area contributed by atoms with Crippen LogP contribution in [-0.4, -0.2) is 24.5 Å². The van der Waals surface area contributed by atoms with Gasteiger partial charge in [0.2, 0.25) is 5.91 Å². The van der Waals surface area contributed by atoms with E-state index in [-0.39, 0.29) is 17.7 Å². The number of ether oxygens (including phenoxy) is 1. The number of anilines is 1. The van der Waals surface area contributed by atoms with Gasteiger partial charge in [0.1, 0.15) is 12.4 Å². The summed E-state index contributed by atoms with van der Waals surface area (Å²) in [6.07, 6.45) is 7.70. The molecule has 0 bridgehead atoms. The maximum atomic E-state index is 12.8. The van der Waals surface area contributed by atoms with Crippen molar-refractivity contribution in [2.24, 2.45) is 5.92 Å². The van der Waals surface area contributed by atoms with Gasteiger partial charge in [-0.3, -0.25) is 9.59 Å². The van der Waals surface area contributed by atoms with Crippen LogP contribution >= 0.6 is 0 Å². The maximum Gasteiger partial charge on any atom is 0.255 e. The summed E-state index contributed by atoms with van der Waals surface area (Å²) in [7, 11) is 0. The van der Waals surface area contributed by atoms with Crippen LogP contribution in [-0.2, 0) is 11.2 Å². The Morgan fingerprint density at radius 1 is 1.00 bits per heavy atom. The minimum atomic E-state index is -0.191. The molecule has 0 aromatic heterocycles. The topological polar surface area (TPSA) is 67.4 Å². The maximum absolute atomic E-state index is 12.8. The molecule has 1 fully saturated rings. The number of carbonyl (C=O) groups excluding carboxylic acids is 2. The average molecular weight is 407 g/mol. The Morgan fingerprint density at radius 2 is 1.80 bits per heavy atom. The summed E-state index contributed by atoms with van der Waals surface area (Å²) >= 11 is 0. The summed E-state index contributed by atoms with van der Waals surface area (Å²) < 4.78 is 5.86. The largest absolute Gasteiger partial charge is 0.492 e. The first-order valence-electron chi connectivity index (χ1n) is 11.0. The van der Waals surface area contributed by atoms with Crippen LogP contribution < -0.4 is 15.4 Å². The molecule has 2 aliphatic rings. The first kappa shape index (κ1) is 20.5. The normalized spacial score (nSPS) is 19.2. The Labute approximate surface area is 178 Å². The van der Waals surface area contributed by atoms with Gasteiger partial charge >= 0.3 is 0 Å². The van der Waals surface area contributed by atoms with Gasteiger partial charge < -0.3 is 15.4 Å². The van der Waals surface area contributed by atoms with Crippen LogP contribution in [0.2, 0.25) is 0 Å². The molecular formula is C25H30N2O3. The zero-order valence-electron chi connectivity index (χ0n) is 17.6. The van der Waals surface area contributed by atoms with E-state index in [1.807, 2.05) is 43.3 Å². The molecule has 1 aliphatic carbocycles. The van der Waals surface area contributed by atoms with E-state index in [1.165, 1.54) is 25.7 Å². The van der Waals surface area contributed by atoms with Crippen LogP contribution in [0.5, 0.6) is 5.75 Å². The van der Waals surface area contributed by atoms with Crippen molar-refractivity contribution < 1.29 is 14.3 Å². The molecule has 2 N–H and O–H groups in total.